The Bertz CT molecular complexity index is 858. The van der Waals surface area contributed by atoms with Gasteiger partial charge in [0.05, 0.1) is 17.6 Å². The van der Waals surface area contributed by atoms with Crippen molar-refractivity contribution in [3.63, 3.8) is 0 Å². The van der Waals surface area contributed by atoms with Gasteiger partial charge in [-0.2, -0.15) is 0 Å². The molecule has 5 heteroatoms. The van der Waals surface area contributed by atoms with Crippen molar-refractivity contribution in [1.29, 1.82) is 0 Å². The minimum absolute atomic E-state index is 0.0729. The Morgan fingerprint density at radius 1 is 1.07 bits per heavy atom. The van der Waals surface area contributed by atoms with Crippen molar-refractivity contribution in [2.45, 2.75) is 32.7 Å². The van der Waals surface area contributed by atoms with E-state index in [1.54, 1.807) is 0 Å². The van der Waals surface area contributed by atoms with Crippen LogP contribution in [0.3, 0.4) is 0 Å². The number of ether oxygens (including phenoxy) is 1. The van der Waals surface area contributed by atoms with E-state index in [9.17, 15) is 4.79 Å². The lowest BCUT2D eigenvalue weighted by Gasteiger charge is -2.09. The number of nitrogens with one attached hydrogen (secondary N) is 1. The first kappa shape index (κ1) is 19.1. The molecule has 0 unspecified atom stereocenters. The van der Waals surface area contributed by atoms with Crippen LogP contribution in [0.2, 0.25) is 0 Å². The number of hydrogen-bond donors (Lipinski definition) is 1. The van der Waals surface area contributed by atoms with E-state index >= 15 is 0 Å². The first-order chi connectivity index (χ1) is 13.2. The Kier molecular flexibility index (Phi) is 6.99. The molecule has 0 radical (unpaired) electrons. The van der Waals surface area contributed by atoms with Gasteiger partial charge in [-0.25, -0.2) is 4.98 Å². The van der Waals surface area contributed by atoms with Crippen molar-refractivity contribution in [2.75, 3.05) is 19.8 Å². The summed E-state index contributed by atoms with van der Waals surface area (Å²) in [5, 5.41) is 2.99. The highest BCUT2D eigenvalue weighted by atomic mass is 16.5. The lowest BCUT2D eigenvalue weighted by Crippen LogP contribution is -2.27. The summed E-state index contributed by atoms with van der Waals surface area (Å²) in [6.07, 6.45) is 2.15. The van der Waals surface area contributed by atoms with Crippen LogP contribution in [0, 0.1) is 6.92 Å². The molecule has 1 amide bonds. The maximum atomic E-state index is 12.0. The molecule has 0 aliphatic carbocycles. The predicted molar refractivity (Wildman–Crippen MR) is 108 cm³/mol. The van der Waals surface area contributed by atoms with Gasteiger partial charge < -0.3 is 14.6 Å². The zero-order valence-corrected chi connectivity index (χ0v) is 15.9. The number of imidazole rings is 1. The van der Waals surface area contributed by atoms with E-state index in [2.05, 4.69) is 33.1 Å². The zero-order chi connectivity index (χ0) is 18.9. The summed E-state index contributed by atoms with van der Waals surface area (Å²) in [5.74, 6) is 1.04. The zero-order valence-electron chi connectivity index (χ0n) is 15.9. The smallest absolute Gasteiger partial charge is 0.220 e. The molecule has 1 N–H and O–H groups in total. The van der Waals surface area contributed by atoms with E-state index in [4.69, 9.17) is 4.74 Å². The molecule has 5 nitrogen and oxygen atoms in total. The van der Waals surface area contributed by atoms with Crippen LogP contribution < -0.4 is 5.32 Å². The number of amides is 1. The van der Waals surface area contributed by atoms with Gasteiger partial charge in [0.2, 0.25) is 5.91 Å². The number of para-hydroxylation sites is 2. The highest BCUT2D eigenvalue weighted by molar-refractivity contribution is 5.76. The molecular formula is C22H27N3O2. The maximum absolute atomic E-state index is 12.0. The number of aryl methyl sites for hydroxylation is 1. The molecule has 0 aliphatic rings. The molecule has 0 aliphatic heterocycles. The minimum atomic E-state index is 0.0729. The van der Waals surface area contributed by atoms with Crippen molar-refractivity contribution in [3.05, 3.63) is 66.0 Å². The fourth-order valence-corrected chi connectivity index (χ4v) is 3.15. The third-order valence-electron chi connectivity index (χ3n) is 4.57. The van der Waals surface area contributed by atoms with Crippen molar-refractivity contribution >= 4 is 16.9 Å². The largest absolute Gasteiger partial charge is 0.381 e. The number of rotatable bonds is 10. The minimum Gasteiger partial charge on any atom is -0.381 e. The lowest BCUT2D eigenvalue weighted by atomic mass is 10.2. The Morgan fingerprint density at radius 3 is 2.70 bits per heavy atom. The first-order valence-corrected chi connectivity index (χ1v) is 9.54. The summed E-state index contributed by atoms with van der Waals surface area (Å²) in [7, 11) is 0. The van der Waals surface area contributed by atoms with Gasteiger partial charge in [-0.1, -0.05) is 42.5 Å². The maximum Gasteiger partial charge on any atom is 0.220 e. The molecule has 27 heavy (non-hydrogen) atoms. The average Bonchev–Trinajstić information content (AvgIpc) is 3.01. The SMILES string of the molecule is Cc1nc2ccccc2n1CCNC(=O)CCCOCCc1ccccc1. The summed E-state index contributed by atoms with van der Waals surface area (Å²) in [5.41, 5.74) is 3.38. The predicted octanol–water partition coefficient (Wildman–Crippen LogP) is 3.50. The topological polar surface area (TPSA) is 56.2 Å². The van der Waals surface area contributed by atoms with E-state index in [1.807, 2.05) is 43.3 Å². The number of benzene rings is 2. The lowest BCUT2D eigenvalue weighted by molar-refractivity contribution is -0.121. The Labute approximate surface area is 160 Å². The Morgan fingerprint density at radius 2 is 1.85 bits per heavy atom. The molecule has 1 heterocycles. The van der Waals surface area contributed by atoms with Crippen molar-refractivity contribution < 1.29 is 9.53 Å². The quantitative estimate of drug-likeness (QED) is 0.560. The summed E-state index contributed by atoms with van der Waals surface area (Å²) in [4.78, 5) is 16.5. The molecule has 0 saturated carbocycles. The Hall–Kier alpha value is -2.66. The van der Waals surface area contributed by atoms with Crippen LogP contribution in [0.5, 0.6) is 0 Å². The number of carbonyl (C=O) groups is 1. The normalized spacial score (nSPS) is 11.0. The van der Waals surface area contributed by atoms with E-state index in [0.717, 1.165) is 36.2 Å². The van der Waals surface area contributed by atoms with Gasteiger partial charge in [0, 0.05) is 26.1 Å². The molecule has 0 bridgehead atoms. The average molecular weight is 365 g/mol. The summed E-state index contributed by atoms with van der Waals surface area (Å²) >= 11 is 0. The molecular weight excluding hydrogens is 338 g/mol. The van der Waals surface area contributed by atoms with Crippen LogP contribution >= 0.6 is 0 Å². The van der Waals surface area contributed by atoms with Gasteiger partial charge in [-0.3, -0.25) is 4.79 Å². The molecule has 3 aromatic rings. The van der Waals surface area contributed by atoms with E-state index < -0.39 is 0 Å². The van der Waals surface area contributed by atoms with Crippen LogP contribution in [0.25, 0.3) is 11.0 Å². The van der Waals surface area contributed by atoms with Gasteiger partial charge in [0.1, 0.15) is 5.82 Å². The van der Waals surface area contributed by atoms with Crippen LogP contribution in [-0.4, -0.2) is 35.2 Å². The fraction of sp³-hybridized carbons (Fsp3) is 0.364. The first-order valence-electron chi connectivity index (χ1n) is 9.54. The fourth-order valence-electron chi connectivity index (χ4n) is 3.15. The third-order valence-corrected chi connectivity index (χ3v) is 4.57. The molecule has 0 atom stereocenters. The molecule has 0 fully saturated rings. The second-order valence-electron chi connectivity index (χ2n) is 6.60. The molecule has 0 spiro atoms. The highest BCUT2D eigenvalue weighted by Crippen LogP contribution is 2.14. The number of nitrogens with zero attached hydrogens (tertiary/aromatic N) is 2. The second-order valence-corrected chi connectivity index (χ2v) is 6.60. The molecule has 142 valence electrons. The number of hydrogen-bond acceptors (Lipinski definition) is 3. The molecule has 2 aromatic carbocycles. The van der Waals surface area contributed by atoms with E-state index in [0.29, 0.717) is 26.2 Å². The van der Waals surface area contributed by atoms with Crippen LogP contribution in [0.15, 0.2) is 54.6 Å². The summed E-state index contributed by atoms with van der Waals surface area (Å²) < 4.78 is 7.76. The summed E-state index contributed by atoms with van der Waals surface area (Å²) in [6.45, 7) is 4.64. The Balaban J connectivity index is 1.29. The van der Waals surface area contributed by atoms with Crippen LogP contribution in [0.1, 0.15) is 24.2 Å². The molecule has 1 aromatic heterocycles. The van der Waals surface area contributed by atoms with Gasteiger partial charge in [-0.05, 0) is 37.5 Å². The summed E-state index contributed by atoms with van der Waals surface area (Å²) in [6, 6.07) is 18.4. The highest BCUT2D eigenvalue weighted by Gasteiger charge is 2.07. The standard InChI is InChI=1S/C22H27N3O2/c1-18-24-20-10-5-6-11-21(20)25(18)15-14-23-22(26)12-7-16-27-17-13-19-8-3-2-4-9-19/h2-6,8-11H,7,12-17H2,1H3,(H,23,26). The van der Waals surface area contributed by atoms with Gasteiger partial charge in [0.25, 0.3) is 0 Å². The third kappa shape index (κ3) is 5.66. The van der Waals surface area contributed by atoms with Crippen LogP contribution in [-0.2, 0) is 22.5 Å². The molecule has 0 saturated heterocycles. The van der Waals surface area contributed by atoms with Gasteiger partial charge in [0.15, 0.2) is 0 Å². The monoisotopic (exact) mass is 365 g/mol. The van der Waals surface area contributed by atoms with Gasteiger partial charge in [-0.15, -0.1) is 0 Å². The molecule has 3 rings (SSSR count). The van der Waals surface area contributed by atoms with Crippen molar-refractivity contribution in [2.24, 2.45) is 0 Å². The number of aromatic nitrogens is 2. The van der Waals surface area contributed by atoms with E-state index in [-0.39, 0.29) is 5.91 Å². The van der Waals surface area contributed by atoms with Crippen molar-refractivity contribution in [1.82, 2.24) is 14.9 Å². The van der Waals surface area contributed by atoms with Crippen molar-refractivity contribution in [3.8, 4) is 0 Å². The van der Waals surface area contributed by atoms with Crippen LogP contribution in [0.4, 0.5) is 0 Å². The van der Waals surface area contributed by atoms with E-state index in [1.165, 1.54) is 5.56 Å². The number of carbonyl (C=O) groups excluding carboxylic acids is 1. The van der Waals surface area contributed by atoms with Gasteiger partial charge >= 0.3 is 0 Å². The number of fused-ring (bicyclic) bond motifs is 1. The second kappa shape index (κ2) is 9.88.